The van der Waals surface area contributed by atoms with E-state index >= 15 is 0 Å². The van der Waals surface area contributed by atoms with Gasteiger partial charge in [0.25, 0.3) is 0 Å². The molecule has 106 valence electrons. The standard InChI is InChI=1S/C16H26N2O/c1-11(2)13-4-5-15(19-3)14(10-13)16(17)12-6-8-18-9-7-12/h4-5,10-12,16,18H,6-9,17H2,1-3H3/t16-/m1/s1. The van der Waals surface area contributed by atoms with Gasteiger partial charge in [-0.25, -0.2) is 0 Å². The van der Waals surface area contributed by atoms with Crippen molar-refractivity contribution in [3.05, 3.63) is 29.3 Å². The van der Waals surface area contributed by atoms with Crippen molar-refractivity contribution in [1.82, 2.24) is 5.32 Å². The van der Waals surface area contributed by atoms with Crippen molar-refractivity contribution in [2.75, 3.05) is 20.2 Å². The third-order valence-corrected chi connectivity index (χ3v) is 4.17. The van der Waals surface area contributed by atoms with Crippen LogP contribution in [0, 0.1) is 5.92 Å². The van der Waals surface area contributed by atoms with Crippen molar-refractivity contribution in [3.63, 3.8) is 0 Å². The molecular weight excluding hydrogens is 236 g/mol. The van der Waals surface area contributed by atoms with Gasteiger partial charge in [0.2, 0.25) is 0 Å². The maximum Gasteiger partial charge on any atom is 0.123 e. The summed E-state index contributed by atoms with van der Waals surface area (Å²) in [5.41, 5.74) is 9.01. The molecule has 1 aliphatic heterocycles. The molecule has 0 saturated carbocycles. The summed E-state index contributed by atoms with van der Waals surface area (Å²) in [4.78, 5) is 0. The first-order chi connectivity index (χ1) is 9.13. The molecule has 0 aliphatic carbocycles. The Kier molecular flexibility index (Phi) is 4.83. The summed E-state index contributed by atoms with van der Waals surface area (Å²) >= 11 is 0. The van der Waals surface area contributed by atoms with Gasteiger partial charge in [-0.1, -0.05) is 26.0 Å². The van der Waals surface area contributed by atoms with E-state index in [0.717, 1.165) is 31.7 Å². The van der Waals surface area contributed by atoms with Crippen LogP contribution in [0.15, 0.2) is 18.2 Å². The highest BCUT2D eigenvalue weighted by Crippen LogP contribution is 2.34. The highest BCUT2D eigenvalue weighted by atomic mass is 16.5. The van der Waals surface area contributed by atoms with Crippen molar-refractivity contribution in [2.45, 2.75) is 38.6 Å². The second kappa shape index (κ2) is 6.40. The minimum Gasteiger partial charge on any atom is -0.496 e. The molecule has 1 fully saturated rings. The second-order valence-corrected chi connectivity index (χ2v) is 5.77. The molecule has 19 heavy (non-hydrogen) atoms. The van der Waals surface area contributed by atoms with Crippen molar-refractivity contribution in [2.24, 2.45) is 11.7 Å². The van der Waals surface area contributed by atoms with Crippen LogP contribution in [0.2, 0.25) is 0 Å². The maximum atomic E-state index is 6.51. The molecule has 0 amide bonds. The largest absolute Gasteiger partial charge is 0.496 e. The Hall–Kier alpha value is -1.06. The van der Waals surface area contributed by atoms with Gasteiger partial charge >= 0.3 is 0 Å². The smallest absolute Gasteiger partial charge is 0.123 e. The summed E-state index contributed by atoms with van der Waals surface area (Å²) in [6.45, 7) is 6.57. The van der Waals surface area contributed by atoms with E-state index in [1.54, 1.807) is 7.11 Å². The molecule has 0 spiro atoms. The zero-order chi connectivity index (χ0) is 13.8. The Morgan fingerprint density at radius 1 is 1.26 bits per heavy atom. The van der Waals surface area contributed by atoms with Crippen LogP contribution in [0.5, 0.6) is 5.75 Å². The van der Waals surface area contributed by atoms with Gasteiger partial charge < -0.3 is 15.8 Å². The van der Waals surface area contributed by atoms with Crippen molar-refractivity contribution in [3.8, 4) is 5.75 Å². The summed E-state index contributed by atoms with van der Waals surface area (Å²) in [5, 5.41) is 3.39. The predicted molar refractivity (Wildman–Crippen MR) is 79.6 cm³/mol. The predicted octanol–water partition coefficient (Wildman–Crippen LogP) is 2.82. The van der Waals surface area contributed by atoms with Gasteiger partial charge in [-0.05, 0) is 49.4 Å². The second-order valence-electron chi connectivity index (χ2n) is 5.77. The average Bonchev–Trinajstić information content (AvgIpc) is 2.46. The number of piperidine rings is 1. The van der Waals surface area contributed by atoms with E-state index < -0.39 is 0 Å². The van der Waals surface area contributed by atoms with Crippen LogP contribution in [0.4, 0.5) is 0 Å². The topological polar surface area (TPSA) is 47.3 Å². The van der Waals surface area contributed by atoms with E-state index in [-0.39, 0.29) is 6.04 Å². The zero-order valence-electron chi connectivity index (χ0n) is 12.3. The minimum atomic E-state index is 0.0794. The zero-order valence-corrected chi connectivity index (χ0v) is 12.3. The maximum absolute atomic E-state index is 6.51. The van der Waals surface area contributed by atoms with Crippen LogP contribution in [0.1, 0.15) is 49.8 Å². The summed E-state index contributed by atoms with van der Waals surface area (Å²) < 4.78 is 5.50. The lowest BCUT2D eigenvalue weighted by atomic mass is 9.85. The summed E-state index contributed by atoms with van der Waals surface area (Å²) in [6, 6.07) is 6.51. The Labute approximate surface area is 116 Å². The molecule has 1 aliphatic rings. The van der Waals surface area contributed by atoms with E-state index in [0.29, 0.717) is 11.8 Å². The van der Waals surface area contributed by atoms with E-state index in [9.17, 15) is 0 Å². The van der Waals surface area contributed by atoms with Crippen LogP contribution < -0.4 is 15.8 Å². The monoisotopic (exact) mass is 262 g/mol. The lowest BCUT2D eigenvalue weighted by Gasteiger charge is -2.29. The summed E-state index contributed by atoms with van der Waals surface area (Å²) in [7, 11) is 1.73. The molecule has 3 nitrogen and oxygen atoms in total. The molecule has 0 aromatic heterocycles. The van der Waals surface area contributed by atoms with Gasteiger partial charge in [0, 0.05) is 11.6 Å². The fourth-order valence-corrected chi connectivity index (χ4v) is 2.83. The molecule has 1 heterocycles. The third-order valence-electron chi connectivity index (χ3n) is 4.17. The molecule has 1 aromatic carbocycles. The van der Waals surface area contributed by atoms with Crippen LogP contribution in [0.3, 0.4) is 0 Å². The van der Waals surface area contributed by atoms with Crippen molar-refractivity contribution >= 4 is 0 Å². The van der Waals surface area contributed by atoms with Gasteiger partial charge in [0.15, 0.2) is 0 Å². The van der Waals surface area contributed by atoms with Gasteiger partial charge in [-0.2, -0.15) is 0 Å². The van der Waals surface area contributed by atoms with Gasteiger partial charge in [-0.3, -0.25) is 0 Å². The molecule has 3 N–H and O–H groups in total. The van der Waals surface area contributed by atoms with Crippen LogP contribution in [-0.4, -0.2) is 20.2 Å². The summed E-state index contributed by atoms with van der Waals surface area (Å²) in [5.74, 6) is 2.00. The van der Waals surface area contributed by atoms with E-state index in [1.807, 2.05) is 0 Å². The van der Waals surface area contributed by atoms with E-state index in [2.05, 4.69) is 37.4 Å². The Bertz CT molecular complexity index is 411. The number of ether oxygens (including phenoxy) is 1. The molecule has 1 atom stereocenters. The fraction of sp³-hybridized carbons (Fsp3) is 0.625. The SMILES string of the molecule is COc1ccc(C(C)C)cc1[C@H](N)C1CCNCC1. The first kappa shape index (κ1) is 14.4. The first-order valence-electron chi connectivity index (χ1n) is 7.27. The van der Waals surface area contributed by atoms with Crippen molar-refractivity contribution in [1.29, 1.82) is 0 Å². The normalized spacial score (nSPS) is 18.6. The van der Waals surface area contributed by atoms with Gasteiger partial charge in [-0.15, -0.1) is 0 Å². The highest BCUT2D eigenvalue weighted by Gasteiger charge is 2.24. The Morgan fingerprint density at radius 3 is 2.53 bits per heavy atom. The molecule has 3 heteroatoms. The molecule has 1 saturated heterocycles. The molecule has 0 radical (unpaired) electrons. The molecule has 0 unspecified atom stereocenters. The number of nitrogens with one attached hydrogen (secondary N) is 1. The third kappa shape index (κ3) is 3.28. The fourth-order valence-electron chi connectivity index (χ4n) is 2.83. The highest BCUT2D eigenvalue weighted by molar-refractivity contribution is 5.40. The van der Waals surface area contributed by atoms with Crippen LogP contribution in [0.25, 0.3) is 0 Å². The lowest BCUT2D eigenvalue weighted by molar-refractivity contribution is 0.313. The quantitative estimate of drug-likeness (QED) is 0.877. The number of methoxy groups -OCH3 is 1. The Morgan fingerprint density at radius 2 is 1.95 bits per heavy atom. The summed E-state index contributed by atoms with van der Waals surface area (Å²) in [6.07, 6.45) is 2.30. The van der Waals surface area contributed by atoms with E-state index in [4.69, 9.17) is 10.5 Å². The minimum absolute atomic E-state index is 0.0794. The number of hydrogen-bond acceptors (Lipinski definition) is 3. The van der Waals surface area contributed by atoms with Gasteiger partial charge in [0.05, 0.1) is 7.11 Å². The van der Waals surface area contributed by atoms with Crippen molar-refractivity contribution < 1.29 is 4.74 Å². The van der Waals surface area contributed by atoms with E-state index in [1.165, 1.54) is 11.1 Å². The molecular formula is C16H26N2O. The Balaban J connectivity index is 2.27. The molecule has 1 aromatic rings. The van der Waals surface area contributed by atoms with Gasteiger partial charge in [0.1, 0.15) is 5.75 Å². The van der Waals surface area contributed by atoms with Crippen LogP contribution in [-0.2, 0) is 0 Å². The first-order valence-corrected chi connectivity index (χ1v) is 7.27. The van der Waals surface area contributed by atoms with Crippen LogP contribution >= 0.6 is 0 Å². The molecule has 0 bridgehead atoms. The molecule has 2 rings (SSSR count). The lowest BCUT2D eigenvalue weighted by Crippen LogP contribution is -2.34. The number of benzene rings is 1. The number of nitrogens with two attached hydrogens (primary N) is 1. The number of rotatable bonds is 4. The average molecular weight is 262 g/mol. The number of hydrogen-bond donors (Lipinski definition) is 2.